The summed E-state index contributed by atoms with van der Waals surface area (Å²) in [4.78, 5) is 20.9. The molecule has 0 aliphatic carbocycles. The zero-order chi connectivity index (χ0) is 21.5. The zero-order valence-corrected chi connectivity index (χ0v) is 17.9. The van der Waals surface area contributed by atoms with E-state index in [0.29, 0.717) is 5.56 Å². The molecule has 0 radical (unpaired) electrons. The van der Waals surface area contributed by atoms with Gasteiger partial charge in [-0.3, -0.25) is 9.79 Å². The van der Waals surface area contributed by atoms with Crippen molar-refractivity contribution >= 4 is 17.3 Å². The van der Waals surface area contributed by atoms with E-state index in [0.717, 1.165) is 55.1 Å². The van der Waals surface area contributed by atoms with E-state index in [1.54, 1.807) is 7.11 Å². The first-order valence-corrected chi connectivity index (χ1v) is 10.9. The third-order valence-electron chi connectivity index (χ3n) is 5.66. The molecule has 4 heteroatoms. The molecule has 0 spiro atoms. The van der Waals surface area contributed by atoms with Crippen molar-refractivity contribution < 1.29 is 9.53 Å². The Morgan fingerprint density at radius 1 is 0.871 bits per heavy atom. The van der Waals surface area contributed by atoms with E-state index in [-0.39, 0.29) is 5.78 Å². The third kappa shape index (κ3) is 4.85. The highest BCUT2D eigenvalue weighted by atomic mass is 16.5. The Kier molecular flexibility index (Phi) is 6.78. The number of hydrogen-bond acceptors (Lipinski definition) is 4. The summed E-state index contributed by atoms with van der Waals surface area (Å²) in [7, 11) is 1.66. The van der Waals surface area contributed by atoms with Crippen LogP contribution in [0.15, 0.2) is 89.9 Å². The lowest BCUT2D eigenvalue weighted by Crippen LogP contribution is -2.39. The minimum atomic E-state index is -0.492. The molecule has 31 heavy (non-hydrogen) atoms. The van der Waals surface area contributed by atoms with E-state index < -0.39 is 6.04 Å². The molecule has 0 fully saturated rings. The number of aliphatic imine (C=N–C) groups is 1. The van der Waals surface area contributed by atoms with E-state index in [2.05, 4.69) is 4.90 Å². The van der Waals surface area contributed by atoms with Gasteiger partial charge in [-0.25, -0.2) is 0 Å². The number of hydrogen-bond donors (Lipinski definition) is 0. The normalized spacial score (nSPS) is 14.8. The molecule has 1 aliphatic heterocycles. The van der Waals surface area contributed by atoms with Gasteiger partial charge in [-0.05, 0) is 42.7 Å². The molecule has 0 aromatic heterocycles. The Labute approximate surface area is 184 Å². The first kappa shape index (κ1) is 20.9. The van der Waals surface area contributed by atoms with Gasteiger partial charge in [-0.1, -0.05) is 67.1 Å². The van der Waals surface area contributed by atoms with Crippen molar-refractivity contribution in [1.82, 2.24) is 0 Å². The van der Waals surface area contributed by atoms with Crippen LogP contribution in [-0.4, -0.2) is 25.3 Å². The fourth-order valence-electron chi connectivity index (χ4n) is 4.06. The molecule has 1 aliphatic rings. The van der Waals surface area contributed by atoms with Crippen LogP contribution in [0.2, 0.25) is 0 Å². The van der Waals surface area contributed by atoms with Crippen molar-refractivity contribution in [3.05, 3.63) is 96.1 Å². The van der Waals surface area contributed by atoms with Gasteiger partial charge in [0.15, 0.2) is 5.78 Å². The van der Waals surface area contributed by atoms with Gasteiger partial charge in [0.2, 0.25) is 0 Å². The number of ketones is 1. The van der Waals surface area contributed by atoms with E-state index in [1.165, 1.54) is 0 Å². The SMILES string of the molecule is COc1ccc(N(C2=NCCCCC2)C(C(=O)c2ccccc2)c2ccccc2)cc1. The molecule has 158 valence electrons. The number of carbonyl (C=O) groups excluding carboxylic acids is 1. The molecular weight excluding hydrogens is 384 g/mol. The van der Waals surface area contributed by atoms with Gasteiger partial charge in [0.1, 0.15) is 17.6 Å². The van der Waals surface area contributed by atoms with Gasteiger partial charge >= 0.3 is 0 Å². The second kappa shape index (κ2) is 10.1. The van der Waals surface area contributed by atoms with Gasteiger partial charge in [0.25, 0.3) is 0 Å². The third-order valence-corrected chi connectivity index (χ3v) is 5.66. The molecule has 4 rings (SSSR count). The average molecular weight is 413 g/mol. The monoisotopic (exact) mass is 412 g/mol. The maximum absolute atomic E-state index is 13.9. The Hall–Kier alpha value is -3.40. The highest BCUT2D eigenvalue weighted by Crippen LogP contribution is 2.33. The predicted molar refractivity (Wildman–Crippen MR) is 126 cm³/mol. The summed E-state index contributed by atoms with van der Waals surface area (Å²) in [6, 6.07) is 27.0. The van der Waals surface area contributed by atoms with Gasteiger partial charge in [-0.2, -0.15) is 0 Å². The van der Waals surface area contributed by atoms with Crippen LogP contribution < -0.4 is 9.64 Å². The molecule has 0 amide bonds. The van der Waals surface area contributed by atoms with Crippen molar-refractivity contribution in [2.75, 3.05) is 18.6 Å². The molecule has 4 nitrogen and oxygen atoms in total. The summed E-state index contributed by atoms with van der Waals surface area (Å²) in [6.45, 7) is 0.795. The van der Waals surface area contributed by atoms with Gasteiger partial charge < -0.3 is 9.64 Å². The molecular formula is C27H28N2O2. The van der Waals surface area contributed by atoms with Crippen LogP contribution in [0.3, 0.4) is 0 Å². The molecule has 1 unspecified atom stereocenters. The van der Waals surface area contributed by atoms with Crippen LogP contribution in [0.1, 0.15) is 47.6 Å². The number of amidine groups is 1. The van der Waals surface area contributed by atoms with Crippen molar-refractivity contribution in [3.8, 4) is 5.75 Å². The van der Waals surface area contributed by atoms with Gasteiger partial charge in [-0.15, -0.1) is 0 Å². The summed E-state index contributed by atoms with van der Waals surface area (Å²) in [5, 5.41) is 0. The van der Waals surface area contributed by atoms with E-state index in [1.807, 2.05) is 84.9 Å². The highest BCUT2D eigenvalue weighted by molar-refractivity contribution is 6.10. The minimum Gasteiger partial charge on any atom is -0.497 e. The predicted octanol–water partition coefficient (Wildman–Crippen LogP) is 6.10. The maximum Gasteiger partial charge on any atom is 0.190 e. The number of Topliss-reactive ketones (excluding diaryl/α,β-unsaturated/α-hetero) is 1. The Balaban J connectivity index is 1.86. The summed E-state index contributed by atoms with van der Waals surface area (Å²) in [5.41, 5.74) is 2.60. The Morgan fingerprint density at radius 2 is 1.55 bits per heavy atom. The van der Waals surface area contributed by atoms with Crippen molar-refractivity contribution in [2.45, 2.75) is 31.7 Å². The van der Waals surface area contributed by atoms with Crippen LogP contribution in [0.5, 0.6) is 5.75 Å². The van der Waals surface area contributed by atoms with Crippen LogP contribution in [-0.2, 0) is 0 Å². The number of methoxy groups -OCH3 is 1. The topological polar surface area (TPSA) is 41.9 Å². The molecule has 0 saturated heterocycles. The summed E-state index contributed by atoms with van der Waals surface area (Å²) in [6.07, 6.45) is 4.18. The quantitative estimate of drug-likeness (QED) is 0.460. The minimum absolute atomic E-state index is 0.0644. The molecule has 0 bridgehead atoms. The van der Waals surface area contributed by atoms with Crippen molar-refractivity contribution in [2.24, 2.45) is 4.99 Å². The first-order chi connectivity index (χ1) is 15.3. The zero-order valence-electron chi connectivity index (χ0n) is 17.9. The number of rotatable bonds is 6. The molecule has 1 heterocycles. The van der Waals surface area contributed by atoms with Crippen molar-refractivity contribution in [1.29, 1.82) is 0 Å². The highest BCUT2D eigenvalue weighted by Gasteiger charge is 2.32. The number of carbonyl (C=O) groups is 1. The van der Waals surface area contributed by atoms with Crippen LogP contribution in [0.25, 0.3) is 0 Å². The summed E-state index contributed by atoms with van der Waals surface area (Å²) in [5.74, 6) is 1.83. The van der Waals surface area contributed by atoms with Crippen molar-refractivity contribution in [3.63, 3.8) is 0 Å². The number of ether oxygens (including phenoxy) is 1. The molecule has 0 N–H and O–H groups in total. The molecule has 3 aromatic carbocycles. The fourth-order valence-corrected chi connectivity index (χ4v) is 4.06. The van der Waals surface area contributed by atoms with E-state index in [9.17, 15) is 4.79 Å². The van der Waals surface area contributed by atoms with E-state index in [4.69, 9.17) is 9.73 Å². The average Bonchev–Trinajstić information content (AvgIpc) is 3.13. The lowest BCUT2D eigenvalue weighted by atomic mass is 9.94. The second-order valence-electron chi connectivity index (χ2n) is 7.72. The number of benzene rings is 3. The lowest BCUT2D eigenvalue weighted by Gasteiger charge is -2.34. The van der Waals surface area contributed by atoms with Gasteiger partial charge in [0.05, 0.1) is 7.11 Å². The van der Waals surface area contributed by atoms with Crippen LogP contribution >= 0.6 is 0 Å². The smallest absolute Gasteiger partial charge is 0.190 e. The van der Waals surface area contributed by atoms with Crippen LogP contribution in [0, 0.1) is 0 Å². The molecule has 3 aromatic rings. The first-order valence-electron chi connectivity index (χ1n) is 10.9. The lowest BCUT2D eigenvalue weighted by molar-refractivity contribution is 0.0962. The fraction of sp³-hybridized carbons (Fsp3) is 0.259. The largest absolute Gasteiger partial charge is 0.497 e. The van der Waals surface area contributed by atoms with Gasteiger partial charge in [0, 0.05) is 24.2 Å². The number of nitrogens with zero attached hydrogens (tertiary/aromatic N) is 2. The Morgan fingerprint density at radius 3 is 2.23 bits per heavy atom. The standard InChI is InChI=1S/C27H28N2O2/c1-31-24-18-16-23(17-19-24)29(25-15-9-4-10-20-28-25)26(21-11-5-2-6-12-21)27(30)22-13-7-3-8-14-22/h2-3,5-8,11-14,16-19,26H,4,9-10,15,20H2,1H3. The summed E-state index contributed by atoms with van der Waals surface area (Å²) < 4.78 is 5.36. The maximum atomic E-state index is 13.9. The molecule has 0 saturated carbocycles. The van der Waals surface area contributed by atoms with Crippen LogP contribution in [0.4, 0.5) is 5.69 Å². The number of anilines is 1. The second-order valence-corrected chi connectivity index (χ2v) is 7.72. The molecule has 1 atom stereocenters. The Bertz CT molecular complexity index is 1010. The summed E-state index contributed by atoms with van der Waals surface area (Å²) >= 11 is 0. The van der Waals surface area contributed by atoms with E-state index >= 15 is 0 Å².